The smallest absolute Gasteiger partial charge is 0.225 e. The summed E-state index contributed by atoms with van der Waals surface area (Å²) in [5.74, 6) is 0.0694. The minimum Gasteiger partial charge on any atom is -0.349 e. The number of hydrogen-bond acceptors (Lipinski definition) is 1. The Morgan fingerprint density at radius 3 is 2.50 bits per heavy atom. The quantitative estimate of drug-likeness (QED) is 0.882. The number of rotatable bonds is 2. The lowest BCUT2D eigenvalue weighted by atomic mass is 9.95. The number of nitrogens with one attached hydrogen (secondary N) is 1. The van der Waals surface area contributed by atoms with Crippen molar-refractivity contribution in [3.8, 4) is 0 Å². The molecule has 0 fully saturated rings. The largest absolute Gasteiger partial charge is 0.349 e. The summed E-state index contributed by atoms with van der Waals surface area (Å²) in [7, 11) is 0. The number of benzene rings is 1. The summed E-state index contributed by atoms with van der Waals surface area (Å²) in [6.07, 6.45) is 0. The van der Waals surface area contributed by atoms with E-state index < -0.39 is 0 Å². The molecule has 0 aliphatic carbocycles. The SMILES string of the molecule is C[C@@H](NC(=O)C(C)(C)C)c1cccc(Br)c1. The molecule has 0 bridgehead atoms. The molecule has 2 nitrogen and oxygen atoms in total. The van der Waals surface area contributed by atoms with Crippen LogP contribution in [0.3, 0.4) is 0 Å². The lowest BCUT2D eigenvalue weighted by molar-refractivity contribution is -0.129. The van der Waals surface area contributed by atoms with Gasteiger partial charge in [0.2, 0.25) is 5.91 Å². The third-order valence-corrected chi connectivity index (χ3v) is 2.87. The van der Waals surface area contributed by atoms with Gasteiger partial charge in [-0.05, 0) is 24.6 Å². The molecule has 0 aromatic heterocycles. The molecule has 1 rings (SSSR count). The van der Waals surface area contributed by atoms with Crippen LogP contribution in [0.25, 0.3) is 0 Å². The normalized spacial score (nSPS) is 13.3. The van der Waals surface area contributed by atoms with Gasteiger partial charge in [0.1, 0.15) is 0 Å². The maximum Gasteiger partial charge on any atom is 0.225 e. The molecule has 0 heterocycles. The molecular weight excluding hydrogens is 266 g/mol. The zero-order valence-electron chi connectivity index (χ0n) is 10.2. The lowest BCUT2D eigenvalue weighted by Crippen LogP contribution is -2.36. The van der Waals surface area contributed by atoms with Crippen LogP contribution in [0, 0.1) is 5.41 Å². The molecule has 1 aromatic carbocycles. The first-order chi connectivity index (χ1) is 7.30. The van der Waals surface area contributed by atoms with Gasteiger partial charge in [0.05, 0.1) is 6.04 Å². The van der Waals surface area contributed by atoms with Crippen LogP contribution in [-0.4, -0.2) is 5.91 Å². The van der Waals surface area contributed by atoms with Gasteiger partial charge in [-0.2, -0.15) is 0 Å². The van der Waals surface area contributed by atoms with E-state index >= 15 is 0 Å². The van der Waals surface area contributed by atoms with Crippen molar-refractivity contribution in [1.82, 2.24) is 5.32 Å². The second-order valence-electron chi connectivity index (χ2n) is 5.00. The van der Waals surface area contributed by atoms with Crippen molar-refractivity contribution in [2.75, 3.05) is 0 Å². The van der Waals surface area contributed by atoms with Crippen molar-refractivity contribution < 1.29 is 4.79 Å². The predicted molar refractivity (Wildman–Crippen MR) is 70.2 cm³/mol. The Balaban J connectivity index is 2.73. The molecule has 1 N–H and O–H groups in total. The van der Waals surface area contributed by atoms with Crippen molar-refractivity contribution in [3.05, 3.63) is 34.3 Å². The number of halogens is 1. The van der Waals surface area contributed by atoms with Gasteiger partial charge in [-0.15, -0.1) is 0 Å². The summed E-state index contributed by atoms with van der Waals surface area (Å²) >= 11 is 3.42. The van der Waals surface area contributed by atoms with E-state index in [2.05, 4.69) is 21.2 Å². The van der Waals surface area contributed by atoms with E-state index in [1.54, 1.807) is 0 Å². The Morgan fingerprint density at radius 2 is 2.00 bits per heavy atom. The number of hydrogen-bond donors (Lipinski definition) is 1. The number of carbonyl (C=O) groups is 1. The van der Waals surface area contributed by atoms with Crippen LogP contribution in [0.4, 0.5) is 0 Å². The Labute approximate surface area is 106 Å². The molecular formula is C13H18BrNO. The van der Waals surface area contributed by atoms with Crippen molar-refractivity contribution in [1.29, 1.82) is 0 Å². The van der Waals surface area contributed by atoms with E-state index in [9.17, 15) is 4.79 Å². The molecule has 0 spiro atoms. The van der Waals surface area contributed by atoms with Crippen molar-refractivity contribution >= 4 is 21.8 Å². The fraction of sp³-hybridized carbons (Fsp3) is 0.462. The highest BCUT2D eigenvalue weighted by Gasteiger charge is 2.22. The Kier molecular flexibility index (Phi) is 4.14. The number of amides is 1. The van der Waals surface area contributed by atoms with Crippen molar-refractivity contribution in [3.63, 3.8) is 0 Å². The first-order valence-corrected chi connectivity index (χ1v) is 6.16. The van der Waals surface area contributed by atoms with Gasteiger partial charge >= 0.3 is 0 Å². The molecule has 1 aromatic rings. The van der Waals surface area contributed by atoms with Gasteiger partial charge in [-0.25, -0.2) is 0 Å². The van der Waals surface area contributed by atoms with E-state index in [1.807, 2.05) is 52.0 Å². The average molecular weight is 284 g/mol. The van der Waals surface area contributed by atoms with Crippen LogP contribution < -0.4 is 5.32 Å². The van der Waals surface area contributed by atoms with E-state index in [0.29, 0.717) is 0 Å². The van der Waals surface area contributed by atoms with Crippen LogP contribution in [0.1, 0.15) is 39.3 Å². The summed E-state index contributed by atoms with van der Waals surface area (Å²) in [5, 5.41) is 3.00. The van der Waals surface area contributed by atoms with Gasteiger partial charge in [0.15, 0.2) is 0 Å². The molecule has 3 heteroatoms. The topological polar surface area (TPSA) is 29.1 Å². The molecule has 1 atom stereocenters. The van der Waals surface area contributed by atoms with Gasteiger partial charge in [-0.1, -0.05) is 48.8 Å². The Bertz CT molecular complexity index is 382. The molecule has 1 amide bonds. The summed E-state index contributed by atoms with van der Waals surface area (Å²) in [6.45, 7) is 7.73. The summed E-state index contributed by atoms with van der Waals surface area (Å²) < 4.78 is 1.03. The summed E-state index contributed by atoms with van der Waals surface area (Å²) in [5.41, 5.74) is 0.757. The fourth-order valence-electron chi connectivity index (χ4n) is 1.27. The monoisotopic (exact) mass is 283 g/mol. The van der Waals surface area contributed by atoms with E-state index in [1.165, 1.54) is 0 Å². The average Bonchev–Trinajstić information content (AvgIpc) is 2.16. The maximum atomic E-state index is 11.8. The molecule has 0 radical (unpaired) electrons. The summed E-state index contributed by atoms with van der Waals surface area (Å²) in [4.78, 5) is 11.8. The van der Waals surface area contributed by atoms with Gasteiger partial charge in [0.25, 0.3) is 0 Å². The van der Waals surface area contributed by atoms with Gasteiger partial charge in [0, 0.05) is 9.89 Å². The third kappa shape index (κ3) is 3.63. The lowest BCUT2D eigenvalue weighted by Gasteiger charge is -2.22. The summed E-state index contributed by atoms with van der Waals surface area (Å²) in [6, 6.07) is 8.01. The standard InChI is InChI=1S/C13H18BrNO/c1-9(15-12(16)13(2,3)4)10-6-5-7-11(14)8-10/h5-9H,1-4H3,(H,15,16)/t9-/m1/s1. The Morgan fingerprint density at radius 1 is 1.38 bits per heavy atom. The van der Waals surface area contributed by atoms with Crippen LogP contribution in [0.15, 0.2) is 28.7 Å². The van der Waals surface area contributed by atoms with Crippen LogP contribution in [0.5, 0.6) is 0 Å². The molecule has 0 saturated carbocycles. The van der Waals surface area contributed by atoms with Gasteiger partial charge < -0.3 is 5.32 Å². The first kappa shape index (κ1) is 13.2. The molecule has 88 valence electrons. The maximum absolute atomic E-state index is 11.8. The van der Waals surface area contributed by atoms with Crippen molar-refractivity contribution in [2.24, 2.45) is 5.41 Å². The molecule has 0 unspecified atom stereocenters. The molecule has 0 saturated heterocycles. The highest BCUT2D eigenvalue weighted by atomic mass is 79.9. The minimum atomic E-state index is -0.347. The predicted octanol–water partition coefficient (Wildman–Crippen LogP) is 3.67. The van der Waals surface area contributed by atoms with E-state index in [4.69, 9.17) is 0 Å². The van der Waals surface area contributed by atoms with Crippen LogP contribution >= 0.6 is 15.9 Å². The minimum absolute atomic E-state index is 0.0317. The van der Waals surface area contributed by atoms with Crippen molar-refractivity contribution in [2.45, 2.75) is 33.7 Å². The Hall–Kier alpha value is -0.830. The molecule has 0 aliphatic rings. The highest BCUT2D eigenvalue weighted by molar-refractivity contribution is 9.10. The van der Waals surface area contributed by atoms with E-state index in [-0.39, 0.29) is 17.4 Å². The van der Waals surface area contributed by atoms with Crippen LogP contribution in [0.2, 0.25) is 0 Å². The molecule has 16 heavy (non-hydrogen) atoms. The zero-order valence-corrected chi connectivity index (χ0v) is 11.8. The fourth-order valence-corrected chi connectivity index (χ4v) is 1.69. The van der Waals surface area contributed by atoms with Gasteiger partial charge in [-0.3, -0.25) is 4.79 Å². The third-order valence-electron chi connectivity index (χ3n) is 2.38. The molecule has 0 aliphatic heterocycles. The first-order valence-electron chi connectivity index (χ1n) is 5.37. The highest BCUT2D eigenvalue weighted by Crippen LogP contribution is 2.20. The van der Waals surface area contributed by atoms with E-state index in [0.717, 1.165) is 10.0 Å². The number of carbonyl (C=O) groups excluding carboxylic acids is 1. The van der Waals surface area contributed by atoms with Crippen LogP contribution in [-0.2, 0) is 4.79 Å². The second-order valence-corrected chi connectivity index (χ2v) is 5.92. The zero-order chi connectivity index (χ0) is 12.3. The second kappa shape index (κ2) is 5.00.